The van der Waals surface area contributed by atoms with Crippen LogP contribution in [0, 0.1) is 0 Å². The molecule has 0 spiro atoms. The molecule has 8 nitrogen and oxygen atoms in total. The van der Waals surface area contributed by atoms with Crippen LogP contribution in [0.25, 0.3) is 0 Å². The lowest BCUT2D eigenvalue weighted by Crippen LogP contribution is -2.52. The van der Waals surface area contributed by atoms with Crippen molar-refractivity contribution in [1.29, 1.82) is 0 Å². The molecule has 0 bridgehead atoms. The zero-order valence-corrected chi connectivity index (χ0v) is 17.3. The number of morpholine rings is 1. The SMILES string of the molecule is O=C(Nc1ccccc1)Nc1ccc([C@H]2OCC(=O)N(Cc3ccncc3)[C@@H]2CO)cc1. The number of aliphatic hydroxyl groups excluding tert-OH is 1. The number of amides is 3. The molecule has 2 aromatic carbocycles. The van der Waals surface area contributed by atoms with E-state index in [9.17, 15) is 14.7 Å². The molecular formula is C24H24N4O4. The van der Waals surface area contributed by atoms with E-state index in [1.165, 1.54) is 0 Å². The van der Waals surface area contributed by atoms with E-state index in [1.54, 1.807) is 41.6 Å². The lowest BCUT2D eigenvalue weighted by Gasteiger charge is -2.40. The van der Waals surface area contributed by atoms with E-state index in [0.29, 0.717) is 17.9 Å². The minimum atomic E-state index is -0.524. The van der Waals surface area contributed by atoms with E-state index in [-0.39, 0.29) is 25.2 Å². The van der Waals surface area contributed by atoms with Crippen LogP contribution < -0.4 is 10.6 Å². The zero-order valence-electron chi connectivity index (χ0n) is 17.3. The summed E-state index contributed by atoms with van der Waals surface area (Å²) in [7, 11) is 0. The molecule has 0 saturated carbocycles. The molecule has 4 rings (SSSR count). The van der Waals surface area contributed by atoms with Crippen LogP contribution in [0.2, 0.25) is 0 Å². The number of pyridine rings is 1. The van der Waals surface area contributed by atoms with Crippen LogP contribution in [0.3, 0.4) is 0 Å². The van der Waals surface area contributed by atoms with Crippen molar-refractivity contribution < 1.29 is 19.4 Å². The van der Waals surface area contributed by atoms with E-state index in [4.69, 9.17) is 4.74 Å². The largest absolute Gasteiger partial charge is 0.394 e. The Morgan fingerprint density at radius 2 is 1.66 bits per heavy atom. The molecular weight excluding hydrogens is 408 g/mol. The maximum absolute atomic E-state index is 12.5. The van der Waals surface area contributed by atoms with Gasteiger partial charge in [0.05, 0.1) is 12.6 Å². The summed E-state index contributed by atoms with van der Waals surface area (Å²) in [5.41, 5.74) is 3.05. The molecule has 1 aliphatic heterocycles. The minimum absolute atomic E-state index is 0.0638. The van der Waals surface area contributed by atoms with Gasteiger partial charge in [0.25, 0.3) is 0 Å². The van der Waals surface area contributed by atoms with Gasteiger partial charge in [-0.25, -0.2) is 4.79 Å². The fourth-order valence-electron chi connectivity index (χ4n) is 3.68. The van der Waals surface area contributed by atoms with E-state index in [2.05, 4.69) is 15.6 Å². The van der Waals surface area contributed by atoms with Crippen molar-refractivity contribution >= 4 is 23.3 Å². The minimum Gasteiger partial charge on any atom is -0.394 e. The number of hydrogen-bond acceptors (Lipinski definition) is 5. The average molecular weight is 432 g/mol. The number of nitrogens with one attached hydrogen (secondary N) is 2. The van der Waals surface area contributed by atoms with Crippen molar-refractivity contribution in [2.45, 2.75) is 18.7 Å². The van der Waals surface area contributed by atoms with Crippen LogP contribution in [-0.2, 0) is 16.1 Å². The number of ether oxygens (including phenoxy) is 1. The van der Waals surface area contributed by atoms with Crippen LogP contribution in [0.15, 0.2) is 79.1 Å². The molecule has 3 aromatic rings. The summed E-state index contributed by atoms with van der Waals surface area (Å²) >= 11 is 0. The Balaban J connectivity index is 1.44. The van der Waals surface area contributed by atoms with Gasteiger partial charge < -0.3 is 25.4 Å². The number of rotatable bonds is 6. The third-order valence-corrected chi connectivity index (χ3v) is 5.27. The lowest BCUT2D eigenvalue weighted by molar-refractivity contribution is -0.162. The van der Waals surface area contributed by atoms with Crippen molar-refractivity contribution in [3.63, 3.8) is 0 Å². The Kier molecular flexibility index (Phi) is 6.74. The predicted octanol–water partition coefficient (Wildman–Crippen LogP) is 3.19. The normalized spacial score (nSPS) is 18.3. The molecule has 1 aromatic heterocycles. The molecule has 1 aliphatic rings. The molecule has 1 fully saturated rings. The van der Waals surface area contributed by atoms with Crippen LogP contribution in [-0.4, -0.2) is 46.2 Å². The number of hydrogen-bond donors (Lipinski definition) is 3. The van der Waals surface area contributed by atoms with Gasteiger partial charge in [0.1, 0.15) is 12.7 Å². The van der Waals surface area contributed by atoms with Gasteiger partial charge in [0, 0.05) is 30.3 Å². The van der Waals surface area contributed by atoms with Gasteiger partial charge in [-0.3, -0.25) is 9.78 Å². The number of aromatic nitrogens is 1. The third-order valence-electron chi connectivity index (χ3n) is 5.27. The smallest absolute Gasteiger partial charge is 0.323 e. The van der Waals surface area contributed by atoms with E-state index in [0.717, 1.165) is 11.1 Å². The highest BCUT2D eigenvalue weighted by atomic mass is 16.5. The highest BCUT2D eigenvalue weighted by Gasteiger charge is 2.37. The summed E-state index contributed by atoms with van der Waals surface area (Å²) in [6.07, 6.45) is 2.86. The second-order valence-electron chi connectivity index (χ2n) is 7.43. The van der Waals surface area contributed by atoms with Gasteiger partial charge in [-0.2, -0.15) is 0 Å². The molecule has 8 heteroatoms. The summed E-state index contributed by atoms with van der Waals surface area (Å²) in [4.78, 5) is 30.3. The van der Waals surface area contributed by atoms with Crippen LogP contribution >= 0.6 is 0 Å². The van der Waals surface area contributed by atoms with Gasteiger partial charge in [0.2, 0.25) is 5.91 Å². The van der Waals surface area contributed by atoms with Crippen molar-refractivity contribution in [2.75, 3.05) is 23.8 Å². The zero-order chi connectivity index (χ0) is 22.3. The van der Waals surface area contributed by atoms with E-state index >= 15 is 0 Å². The third kappa shape index (κ3) is 5.11. The second-order valence-corrected chi connectivity index (χ2v) is 7.43. The van der Waals surface area contributed by atoms with Crippen LogP contribution in [0.5, 0.6) is 0 Å². The Bertz CT molecular complexity index is 1040. The highest BCUT2D eigenvalue weighted by molar-refractivity contribution is 5.99. The number of urea groups is 1. The van der Waals surface area contributed by atoms with Gasteiger partial charge in [-0.05, 0) is 47.5 Å². The van der Waals surface area contributed by atoms with E-state index < -0.39 is 12.1 Å². The fraction of sp³-hybridized carbons (Fsp3) is 0.208. The van der Waals surface area contributed by atoms with Crippen LogP contribution in [0.1, 0.15) is 17.2 Å². The lowest BCUT2D eigenvalue weighted by atomic mass is 9.98. The number of carbonyl (C=O) groups excluding carboxylic acids is 2. The summed E-state index contributed by atoms with van der Waals surface area (Å²) in [5.74, 6) is -0.173. The number of para-hydroxylation sites is 1. The molecule has 0 aliphatic carbocycles. The molecule has 0 unspecified atom stereocenters. The number of carbonyl (C=O) groups is 2. The first kappa shape index (κ1) is 21.5. The predicted molar refractivity (Wildman–Crippen MR) is 120 cm³/mol. The first-order valence-electron chi connectivity index (χ1n) is 10.3. The molecule has 3 N–H and O–H groups in total. The molecule has 32 heavy (non-hydrogen) atoms. The summed E-state index contributed by atoms with van der Waals surface area (Å²) in [6, 6.07) is 19.2. The Hall–Kier alpha value is -3.75. The van der Waals surface area contributed by atoms with Crippen LogP contribution in [0.4, 0.5) is 16.2 Å². The van der Waals surface area contributed by atoms with Crippen molar-refractivity contribution in [1.82, 2.24) is 9.88 Å². The molecule has 2 heterocycles. The molecule has 0 radical (unpaired) electrons. The topological polar surface area (TPSA) is 104 Å². The van der Waals surface area contributed by atoms with Gasteiger partial charge in [-0.1, -0.05) is 30.3 Å². The fourth-order valence-corrected chi connectivity index (χ4v) is 3.68. The van der Waals surface area contributed by atoms with Crippen molar-refractivity contribution in [3.05, 3.63) is 90.3 Å². The Morgan fingerprint density at radius 3 is 2.31 bits per heavy atom. The summed E-state index contributed by atoms with van der Waals surface area (Å²) in [6.45, 7) is 0.0679. The first-order valence-corrected chi connectivity index (χ1v) is 10.3. The molecule has 164 valence electrons. The summed E-state index contributed by atoms with van der Waals surface area (Å²) in [5, 5.41) is 15.6. The standard InChI is InChI=1S/C24H24N4O4/c29-15-21-23(32-16-22(30)28(21)14-17-10-12-25-13-11-17)18-6-8-20(9-7-18)27-24(31)26-19-4-2-1-3-5-19/h1-13,21,23,29H,14-16H2,(H2,26,27,31)/t21-,23-/m1/s1. The maximum atomic E-state index is 12.5. The number of aliphatic hydroxyl groups is 1. The van der Waals surface area contributed by atoms with Crippen molar-refractivity contribution in [3.8, 4) is 0 Å². The van der Waals surface area contributed by atoms with Gasteiger partial charge >= 0.3 is 6.03 Å². The number of nitrogens with zero attached hydrogens (tertiary/aromatic N) is 2. The molecule has 1 saturated heterocycles. The molecule has 3 amide bonds. The quantitative estimate of drug-likeness (QED) is 0.555. The Labute approximate surface area is 185 Å². The summed E-state index contributed by atoms with van der Waals surface area (Å²) < 4.78 is 5.78. The average Bonchev–Trinajstić information content (AvgIpc) is 2.82. The maximum Gasteiger partial charge on any atom is 0.323 e. The van der Waals surface area contributed by atoms with Gasteiger partial charge in [-0.15, -0.1) is 0 Å². The first-order chi connectivity index (χ1) is 15.6. The second kappa shape index (κ2) is 10.0. The number of anilines is 2. The van der Waals surface area contributed by atoms with Crippen molar-refractivity contribution in [2.24, 2.45) is 0 Å². The monoisotopic (exact) mass is 432 g/mol. The highest BCUT2D eigenvalue weighted by Crippen LogP contribution is 2.30. The van der Waals surface area contributed by atoms with E-state index in [1.807, 2.05) is 42.5 Å². The van der Waals surface area contributed by atoms with Gasteiger partial charge in [0.15, 0.2) is 0 Å². The number of benzene rings is 2. The Morgan fingerprint density at radius 1 is 1.00 bits per heavy atom. The molecule has 2 atom stereocenters.